The predicted molar refractivity (Wildman–Crippen MR) is 96.5 cm³/mol. The molecule has 0 heterocycles. The molecule has 2 amide bonds. The highest BCUT2D eigenvalue weighted by atomic mass is 16.5. The van der Waals surface area contributed by atoms with Gasteiger partial charge in [0, 0.05) is 11.1 Å². The number of rotatable bonds is 7. The van der Waals surface area contributed by atoms with Crippen LogP contribution < -0.4 is 25.1 Å². The van der Waals surface area contributed by atoms with Gasteiger partial charge in [0.1, 0.15) is 5.75 Å². The molecule has 2 rings (SSSR count). The second-order valence-corrected chi connectivity index (χ2v) is 5.29. The Morgan fingerprint density at radius 2 is 1.65 bits per heavy atom. The van der Waals surface area contributed by atoms with E-state index in [1.807, 2.05) is 19.1 Å². The second kappa shape index (κ2) is 9.31. The maximum Gasteiger partial charge on any atom is 0.269 e. The van der Waals surface area contributed by atoms with Gasteiger partial charge in [-0.2, -0.15) is 0 Å². The fourth-order valence-electron chi connectivity index (χ4n) is 2.35. The molecule has 0 aliphatic carbocycles. The Bertz CT molecular complexity index is 776. The lowest BCUT2D eigenvalue weighted by atomic mass is 10.1. The van der Waals surface area contributed by atoms with Crippen LogP contribution in [-0.4, -0.2) is 32.6 Å². The van der Waals surface area contributed by atoms with Crippen molar-refractivity contribution in [3.8, 4) is 17.2 Å². The van der Waals surface area contributed by atoms with E-state index in [9.17, 15) is 9.59 Å². The first-order valence-corrected chi connectivity index (χ1v) is 8.11. The summed E-state index contributed by atoms with van der Waals surface area (Å²) in [5, 5.41) is 0. The number of methoxy groups -OCH3 is 2. The molecule has 0 aliphatic heterocycles. The highest BCUT2D eigenvalue weighted by Crippen LogP contribution is 2.27. The van der Waals surface area contributed by atoms with Gasteiger partial charge in [0.15, 0.2) is 11.5 Å². The molecule has 0 radical (unpaired) electrons. The molecule has 138 valence electrons. The average molecular weight is 358 g/mol. The van der Waals surface area contributed by atoms with Gasteiger partial charge in [0.2, 0.25) is 5.91 Å². The van der Waals surface area contributed by atoms with Gasteiger partial charge in [-0.3, -0.25) is 20.4 Å². The summed E-state index contributed by atoms with van der Waals surface area (Å²) in [7, 11) is 3.03. The lowest BCUT2D eigenvalue weighted by Crippen LogP contribution is -2.42. The predicted octanol–water partition coefficient (Wildman–Crippen LogP) is 2.11. The first-order chi connectivity index (χ1) is 12.6. The summed E-state index contributed by atoms with van der Waals surface area (Å²) in [6.45, 7) is 2.35. The van der Waals surface area contributed by atoms with Gasteiger partial charge < -0.3 is 14.2 Å². The molecule has 0 aliphatic rings. The van der Waals surface area contributed by atoms with Crippen molar-refractivity contribution in [1.29, 1.82) is 0 Å². The summed E-state index contributed by atoms with van der Waals surface area (Å²) in [4.78, 5) is 24.3. The molecule has 0 fully saturated rings. The van der Waals surface area contributed by atoms with Crippen LogP contribution in [0.4, 0.5) is 0 Å². The van der Waals surface area contributed by atoms with E-state index in [0.29, 0.717) is 29.4 Å². The minimum atomic E-state index is -0.459. The maximum absolute atomic E-state index is 12.2. The number of benzene rings is 2. The van der Waals surface area contributed by atoms with Crippen LogP contribution in [0.5, 0.6) is 17.2 Å². The molecule has 26 heavy (non-hydrogen) atoms. The van der Waals surface area contributed by atoms with Crippen LogP contribution in [0.1, 0.15) is 22.8 Å². The second-order valence-electron chi connectivity index (χ2n) is 5.29. The van der Waals surface area contributed by atoms with Crippen molar-refractivity contribution >= 4 is 11.8 Å². The summed E-state index contributed by atoms with van der Waals surface area (Å²) < 4.78 is 15.8. The number of ether oxygens (including phenoxy) is 3. The topological polar surface area (TPSA) is 85.9 Å². The highest BCUT2D eigenvalue weighted by molar-refractivity contribution is 5.96. The lowest BCUT2D eigenvalue weighted by Gasteiger charge is -2.12. The van der Waals surface area contributed by atoms with Gasteiger partial charge >= 0.3 is 0 Å². The summed E-state index contributed by atoms with van der Waals surface area (Å²) in [5.74, 6) is 0.789. The van der Waals surface area contributed by atoms with Crippen LogP contribution in [0, 0.1) is 0 Å². The van der Waals surface area contributed by atoms with Gasteiger partial charge in [-0.1, -0.05) is 18.2 Å². The third-order valence-electron chi connectivity index (χ3n) is 3.58. The van der Waals surface area contributed by atoms with Crippen LogP contribution in [-0.2, 0) is 11.2 Å². The molecular weight excluding hydrogens is 336 g/mol. The fraction of sp³-hybridized carbons (Fsp3) is 0.263. The smallest absolute Gasteiger partial charge is 0.269 e. The summed E-state index contributed by atoms with van der Waals surface area (Å²) in [6, 6.07) is 12.0. The van der Waals surface area contributed by atoms with Crippen molar-refractivity contribution < 1.29 is 23.8 Å². The van der Waals surface area contributed by atoms with E-state index < -0.39 is 5.91 Å². The van der Waals surface area contributed by atoms with Crippen molar-refractivity contribution in [3.63, 3.8) is 0 Å². The number of hydrogen-bond donors (Lipinski definition) is 2. The van der Waals surface area contributed by atoms with Gasteiger partial charge in [-0.05, 0) is 31.2 Å². The Labute approximate surface area is 152 Å². The first kappa shape index (κ1) is 19.1. The normalized spacial score (nSPS) is 9.96. The molecule has 0 unspecified atom stereocenters. The fourth-order valence-corrected chi connectivity index (χ4v) is 2.35. The molecule has 0 saturated heterocycles. The Balaban J connectivity index is 1.96. The Hall–Kier alpha value is -3.22. The molecule has 0 atom stereocenters. The van der Waals surface area contributed by atoms with E-state index in [0.717, 1.165) is 5.56 Å². The molecular formula is C19H22N2O5. The third-order valence-corrected chi connectivity index (χ3v) is 3.58. The number of hydrogen-bond acceptors (Lipinski definition) is 5. The monoisotopic (exact) mass is 358 g/mol. The van der Waals surface area contributed by atoms with E-state index in [4.69, 9.17) is 14.2 Å². The summed E-state index contributed by atoms with van der Waals surface area (Å²) >= 11 is 0. The summed E-state index contributed by atoms with van der Waals surface area (Å²) in [6.07, 6.45) is 0.0803. The van der Waals surface area contributed by atoms with Crippen molar-refractivity contribution in [1.82, 2.24) is 10.9 Å². The zero-order valence-corrected chi connectivity index (χ0v) is 15.0. The van der Waals surface area contributed by atoms with E-state index in [1.54, 1.807) is 30.3 Å². The standard InChI is InChI=1S/C19H22N2O5/c1-4-26-16-10-9-14(11-17(16)25-3)19(23)21-20-18(22)12-13-7-5-6-8-15(13)24-2/h5-11H,4,12H2,1-3H3,(H,20,22)(H,21,23). The van der Waals surface area contributed by atoms with E-state index in [2.05, 4.69) is 10.9 Å². The van der Waals surface area contributed by atoms with Crippen LogP contribution in [0.25, 0.3) is 0 Å². The minimum absolute atomic E-state index is 0.0803. The zero-order valence-electron chi connectivity index (χ0n) is 15.0. The number of para-hydroxylation sites is 1. The van der Waals surface area contributed by atoms with Gasteiger partial charge in [0.05, 0.1) is 27.2 Å². The summed E-state index contributed by atoms with van der Waals surface area (Å²) in [5.41, 5.74) is 5.84. The Morgan fingerprint density at radius 1 is 0.923 bits per heavy atom. The van der Waals surface area contributed by atoms with Crippen LogP contribution in [0.2, 0.25) is 0 Å². The van der Waals surface area contributed by atoms with E-state index in [1.165, 1.54) is 14.2 Å². The van der Waals surface area contributed by atoms with Gasteiger partial charge in [-0.15, -0.1) is 0 Å². The number of carbonyl (C=O) groups is 2. The number of nitrogens with one attached hydrogen (secondary N) is 2. The van der Waals surface area contributed by atoms with Gasteiger partial charge in [0.25, 0.3) is 5.91 Å². The van der Waals surface area contributed by atoms with Crippen LogP contribution in [0.15, 0.2) is 42.5 Å². The molecule has 2 aromatic carbocycles. The van der Waals surface area contributed by atoms with Gasteiger partial charge in [-0.25, -0.2) is 0 Å². The molecule has 0 bridgehead atoms. The minimum Gasteiger partial charge on any atom is -0.496 e. The van der Waals surface area contributed by atoms with E-state index in [-0.39, 0.29) is 12.3 Å². The number of carbonyl (C=O) groups excluding carboxylic acids is 2. The molecule has 2 aromatic rings. The van der Waals surface area contributed by atoms with Crippen molar-refractivity contribution in [2.75, 3.05) is 20.8 Å². The first-order valence-electron chi connectivity index (χ1n) is 8.11. The van der Waals surface area contributed by atoms with Crippen LogP contribution >= 0.6 is 0 Å². The Morgan fingerprint density at radius 3 is 2.35 bits per heavy atom. The molecule has 0 saturated carbocycles. The Kier molecular flexibility index (Phi) is 6.84. The van der Waals surface area contributed by atoms with Crippen molar-refractivity contribution in [2.45, 2.75) is 13.3 Å². The van der Waals surface area contributed by atoms with Crippen molar-refractivity contribution in [2.24, 2.45) is 0 Å². The maximum atomic E-state index is 12.2. The number of hydrazine groups is 1. The SMILES string of the molecule is CCOc1ccc(C(=O)NNC(=O)Cc2ccccc2OC)cc1OC. The zero-order chi connectivity index (χ0) is 18.9. The molecule has 0 aromatic heterocycles. The average Bonchev–Trinajstić information content (AvgIpc) is 2.67. The largest absolute Gasteiger partial charge is 0.496 e. The lowest BCUT2D eigenvalue weighted by molar-refractivity contribution is -0.121. The number of amides is 2. The van der Waals surface area contributed by atoms with E-state index >= 15 is 0 Å². The van der Waals surface area contributed by atoms with Crippen LogP contribution in [0.3, 0.4) is 0 Å². The third kappa shape index (κ3) is 4.89. The molecule has 7 heteroatoms. The van der Waals surface area contributed by atoms with Crippen molar-refractivity contribution in [3.05, 3.63) is 53.6 Å². The molecule has 2 N–H and O–H groups in total. The molecule has 7 nitrogen and oxygen atoms in total. The molecule has 0 spiro atoms. The highest BCUT2D eigenvalue weighted by Gasteiger charge is 2.13. The quantitative estimate of drug-likeness (QED) is 0.741.